The molecular formula is C48H80N4O15. The molecule has 12 atom stereocenters. The van der Waals surface area contributed by atoms with Crippen molar-refractivity contribution in [2.24, 2.45) is 5.92 Å². The molecule has 19 nitrogen and oxygen atoms in total. The minimum absolute atomic E-state index is 0.0722. The van der Waals surface area contributed by atoms with Crippen LogP contribution in [0.5, 0.6) is 0 Å². The maximum atomic E-state index is 13.0. The summed E-state index contributed by atoms with van der Waals surface area (Å²) in [5, 5.41) is 109. The maximum Gasteiger partial charge on any atom is 0.329 e. The largest absolute Gasteiger partial charge is 0.465 e. The van der Waals surface area contributed by atoms with Gasteiger partial charge in [0.25, 0.3) is 0 Å². The zero-order valence-corrected chi connectivity index (χ0v) is 39.3. The molecule has 0 saturated carbocycles. The van der Waals surface area contributed by atoms with Gasteiger partial charge in [-0.2, -0.15) is 0 Å². The van der Waals surface area contributed by atoms with Gasteiger partial charge < -0.3 is 75.5 Å². The second-order valence-corrected chi connectivity index (χ2v) is 17.6. The van der Waals surface area contributed by atoms with E-state index >= 15 is 0 Å². The van der Waals surface area contributed by atoms with Crippen LogP contribution in [0.1, 0.15) is 84.0 Å². The Kier molecular flexibility index (Phi) is 30.0. The van der Waals surface area contributed by atoms with Crippen LogP contribution in [0.15, 0.2) is 85.1 Å². The number of likely N-dealkylation sites (N-methyl/N-ethyl adjacent to an activating group) is 1. The number of rotatable bonds is 7. The number of aliphatic hydroxyl groups is 10. The SMILES string of the molecule is C[C@H]1/C=C/C=C/C=C/C=C/C=C/C=C/C=C/[C@H](O[C@H]2CC[C@H](O)CO2)CC[C@H](NC(=O)NNCCN(C)C)[C@@H](O)CC(O)(O)C[C@@H](O)C[C@@H](O)[C@H](O)CC[C@@H](O)C[C@@H](O)CC(=O)OCC[C@@H]1O. The van der Waals surface area contributed by atoms with Gasteiger partial charge in [-0.3, -0.25) is 10.2 Å². The first-order valence-corrected chi connectivity index (χ1v) is 23.3. The van der Waals surface area contributed by atoms with E-state index in [0.29, 0.717) is 25.9 Å². The number of carbonyl (C=O) groups excluding carboxylic acids is 2. The number of ether oxygens (including phenoxy) is 3. The summed E-state index contributed by atoms with van der Waals surface area (Å²) in [6.45, 7) is 2.86. The predicted octanol–water partition coefficient (Wildman–Crippen LogP) is 0.798. The van der Waals surface area contributed by atoms with Crippen LogP contribution in [-0.2, 0) is 19.0 Å². The summed E-state index contributed by atoms with van der Waals surface area (Å²) in [4.78, 5) is 27.2. The molecule has 19 heteroatoms. The third-order valence-electron chi connectivity index (χ3n) is 11.0. The Hall–Kier alpha value is -3.64. The number of cyclic esters (lactones) is 1. The summed E-state index contributed by atoms with van der Waals surface area (Å²) in [5.41, 5.74) is 5.29. The van der Waals surface area contributed by atoms with Crippen molar-refractivity contribution in [3.63, 3.8) is 0 Å². The molecule has 382 valence electrons. The number of esters is 1. The minimum Gasteiger partial charge on any atom is -0.465 e. The van der Waals surface area contributed by atoms with E-state index in [-0.39, 0.29) is 57.7 Å². The standard InChI is InChI=1S/C48H80N4O15/c1-34-16-14-12-10-8-6-4-5-7-9-11-13-15-17-39(67-46-23-19-36(54)33-66-46)20-21-40(50-47(62)51-49-25-26-52(2)3)44(60)32-48(63,64)31-38(56)29-43(59)42(58)22-18-35(53)28-37(55)30-45(61)65-27-24-41(34)57/h4-17,34-44,46,49,53-60,63-64H,18-33H2,1-3H3,(H2,50,51,62)/b5-4+,8-6+,9-7+,12-10+,13-11+,16-14+,17-15+/t34-,35+,36-,37+,38-,39-,40-,41-,42+,43+,44-,46-/m0/s1. The highest BCUT2D eigenvalue weighted by molar-refractivity contribution is 5.73. The van der Waals surface area contributed by atoms with Crippen molar-refractivity contribution in [1.82, 2.24) is 21.1 Å². The Balaban J connectivity index is 2.28. The average Bonchev–Trinajstić information content (AvgIpc) is 3.25. The fourth-order valence-electron chi connectivity index (χ4n) is 7.09. The number of hydrazine groups is 1. The number of hydrogen-bond acceptors (Lipinski definition) is 17. The topological polar surface area (TPSA) is 303 Å². The molecule has 0 aromatic heterocycles. The molecule has 0 bridgehead atoms. The highest BCUT2D eigenvalue weighted by atomic mass is 16.7. The molecule has 2 aliphatic heterocycles. The lowest BCUT2D eigenvalue weighted by atomic mass is 9.92. The van der Waals surface area contributed by atoms with E-state index in [0.717, 1.165) is 0 Å². The molecule has 0 radical (unpaired) electrons. The van der Waals surface area contributed by atoms with Gasteiger partial charge in [-0.25, -0.2) is 10.2 Å². The fourth-order valence-corrected chi connectivity index (χ4v) is 7.09. The lowest BCUT2D eigenvalue weighted by Gasteiger charge is -2.33. The van der Waals surface area contributed by atoms with E-state index in [4.69, 9.17) is 14.2 Å². The van der Waals surface area contributed by atoms with Crippen LogP contribution < -0.4 is 16.2 Å². The summed E-state index contributed by atoms with van der Waals surface area (Å²) >= 11 is 0. The van der Waals surface area contributed by atoms with Crippen molar-refractivity contribution in [2.75, 3.05) is 40.4 Å². The quantitative estimate of drug-likeness (QED) is 0.0727. The first-order chi connectivity index (χ1) is 31.8. The predicted molar refractivity (Wildman–Crippen MR) is 251 cm³/mol. The van der Waals surface area contributed by atoms with Crippen LogP contribution in [0.4, 0.5) is 4.79 Å². The van der Waals surface area contributed by atoms with Gasteiger partial charge in [0.15, 0.2) is 12.1 Å². The second kappa shape index (κ2) is 33.8. The monoisotopic (exact) mass is 953 g/mol. The molecule has 2 aliphatic rings. The Morgan fingerprint density at radius 3 is 1.91 bits per heavy atom. The van der Waals surface area contributed by atoms with Crippen LogP contribution >= 0.6 is 0 Å². The number of hydrogen-bond donors (Lipinski definition) is 13. The molecule has 2 rings (SSSR count). The zero-order chi connectivity index (χ0) is 49.6. The highest BCUT2D eigenvalue weighted by Gasteiger charge is 2.36. The molecule has 67 heavy (non-hydrogen) atoms. The van der Waals surface area contributed by atoms with Crippen molar-refractivity contribution in [3.05, 3.63) is 85.1 Å². The lowest BCUT2D eigenvalue weighted by Crippen LogP contribution is -2.54. The number of carbonyl (C=O) groups is 2. The van der Waals surface area contributed by atoms with E-state index in [1.165, 1.54) is 0 Å². The van der Waals surface area contributed by atoms with Gasteiger partial charge in [0.1, 0.15) is 0 Å². The fraction of sp³-hybridized carbons (Fsp3) is 0.667. The maximum absolute atomic E-state index is 13.0. The number of allylic oxidation sites excluding steroid dienone is 12. The Labute approximate surface area is 395 Å². The van der Waals surface area contributed by atoms with Crippen LogP contribution in [0.25, 0.3) is 0 Å². The summed E-state index contributed by atoms with van der Waals surface area (Å²) in [6, 6.07) is -1.77. The van der Waals surface area contributed by atoms with Gasteiger partial charge in [-0.1, -0.05) is 92.0 Å². The third-order valence-corrected chi connectivity index (χ3v) is 11.0. The number of nitrogens with zero attached hydrogens (tertiary/aromatic N) is 1. The van der Waals surface area contributed by atoms with E-state index in [1.807, 2.05) is 86.7 Å². The first-order valence-electron chi connectivity index (χ1n) is 23.3. The highest BCUT2D eigenvalue weighted by Crippen LogP contribution is 2.25. The summed E-state index contributed by atoms with van der Waals surface area (Å²) in [5.74, 6) is -3.65. The third kappa shape index (κ3) is 29.1. The molecule has 1 saturated heterocycles. The number of amides is 2. The van der Waals surface area contributed by atoms with E-state index in [9.17, 15) is 60.7 Å². The van der Waals surface area contributed by atoms with Crippen molar-refractivity contribution in [1.29, 1.82) is 0 Å². The van der Waals surface area contributed by atoms with Crippen molar-refractivity contribution < 1.29 is 74.9 Å². The van der Waals surface area contributed by atoms with Gasteiger partial charge in [-0.15, -0.1) is 0 Å². The van der Waals surface area contributed by atoms with Gasteiger partial charge in [0.05, 0.1) is 80.6 Å². The molecule has 0 unspecified atom stereocenters. The van der Waals surface area contributed by atoms with E-state index < -0.39 is 111 Å². The molecule has 1 fully saturated rings. The van der Waals surface area contributed by atoms with Gasteiger partial charge in [0.2, 0.25) is 0 Å². The normalized spacial score (nSPS) is 35.9. The number of nitrogens with one attached hydrogen (secondary N) is 3. The molecule has 13 N–H and O–H groups in total. The van der Waals surface area contributed by atoms with E-state index in [2.05, 4.69) is 16.2 Å². The molecule has 0 aromatic carbocycles. The average molecular weight is 953 g/mol. The van der Waals surface area contributed by atoms with Crippen molar-refractivity contribution >= 4 is 12.0 Å². The number of urea groups is 1. The van der Waals surface area contributed by atoms with Gasteiger partial charge in [-0.05, 0) is 52.6 Å². The molecular weight excluding hydrogens is 873 g/mol. The van der Waals surface area contributed by atoms with Gasteiger partial charge >= 0.3 is 12.0 Å². The van der Waals surface area contributed by atoms with E-state index in [1.54, 1.807) is 24.3 Å². The van der Waals surface area contributed by atoms with Crippen LogP contribution in [0.3, 0.4) is 0 Å². The van der Waals surface area contributed by atoms with Crippen molar-refractivity contribution in [3.8, 4) is 0 Å². The minimum atomic E-state index is -2.70. The van der Waals surface area contributed by atoms with Crippen LogP contribution in [-0.4, -0.2) is 181 Å². The van der Waals surface area contributed by atoms with Crippen LogP contribution in [0.2, 0.25) is 0 Å². The smallest absolute Gasteiger partial charge is 0.329 e. The molecule has 0 spiro atoms. The van der Waals surface area contributed by atoms with Gasteiger partial charge in [0, 0.05) is 51.1 Å². The Morgan fingerprint density at radius 1 is 0.687 bits per heavy atom. The first kappa shape index (κ1) is 59.5. The molecule has 2 amide bonds. The molecule has 0 aromatic rings. The lowest BCUT2D eigenvalue weighted by molar-refractivity contribution is -0.204. The second-order valence-electron chi connectivity index (χ2n) is 17.6. The summed E-state index contributed by atoms with van der Waals surface area (Å²) in [7, 11) is 3.73. The van der Waals surface area contributed by atoms with Crippen molar-refractivity contribution in [2.45, 2.75) is 157 Å². The van der Waals surface area contributed by atoms with Crippen LogP contribution in [0, 0.1) is 5.92 Å². The molecule has 0 aliphatic carbocycles. The summed E-state index contributed by atoms with van der Waals surface area (Å²) in [6.07, 6.45) is 12.7. The molecule has 2 heterocycles. The Morgan fingerprint density at radius 2 is 1.30 bits per heavy atom. The zero-order valence-electron chi connectivity index (χ0n) is 39.3. The Bertz CT molecular complexity index is 1580. The summed E-state index contributed by atoms with van der Waals surface area (Å²) < 4.78 is 17.1. The number of aliphatic hydroxyl groups excluding tert-OH is 8.